The molecule has 1 amide bonds. The van der Waals surface area contributed by atoms with Gasteiger partial charge in [-0.25, -0.2) is 4.98 Å². The van der Waals surface area contributed by atoms with Gasteiger partial charge >= 0.3 is 0 Å². The number of carbonyl (C=O) groups excluding carboxylic acids is 1. The lowest BCUT2D eigenvalue weighted by Crippen LogP contribution is -2.28. The Balaban J connectivity index is 1.51. The predicted molar refractivity (Wildman–Crippen MR) is 102 cm³/mol. The molecule has 6 heteroatoms. The average Bonchev–Trinajstić information content (AvgIpc) is 3.21. The Morgan fingerprint density at radius 2 is 2.04 bits per heavy atom. The number of aromatic nitrogens is 2. The van der Waals surface area contributed by atoms with Crippen molar-refractivity contribution in [1.82, 2.24) is 14.9 Å². The van der Waals surface area contributed by atoms with Crippen LogP contribution in [0.1, 0.15) is 42.2 Å². The van der Waals surface area contributed by atoms with E-state index in [4.69, 9.17) is 4.74 Å². The van der Waals surface area contributed by atoms with E-state index >= 15 is 0 Å². The first-order valence-corrected chi connectivity index (χ1v) is 9.34. The van der Waals surface area contributed by atoms with Gasteiger partial charge in [-0.05, 0) is 44.2 Å². The number of hydrogen-bond acceptors (Lipinski definition) is 5. The van der Waals surface area contributed by atoms with Crippen LogP contribution < -0.4 is 10.1 Å². The molecule has 1 saturated heterocycles. The van der Waals surface area contributed by atoms with Gasteiger partial charge in [0.1, 0.15) is 17.3 Å². The van der Waals surface area contributed by atoms with Gasteiger partial charge in [-0.3, -0.25) is 9.78 Å². The first-order chi connectivity index (χ1) is 12.8. The Kier molecular flexibility index (Phi) is 6.41. The molecular formula is C20H26N4O2. The van der Waals surface area contributed by atoms with Gasteiger partial charge in [0.2, 0.25) is 0 Å². The molecule has 1 aromatic heterocycles. The van der Waals surface area contributed by atoms with E-state index in [1.807, 2.05) is 30.0 Å². The van der Waals surface area contributed by atoms with Crippen molar-refractivity contribution in [2.75, 3.05) is 31.6 Å². The van der Waals surface area contributed by atoms with Crippen LogP contribution in [0, 0.1) is 0 Å². The Bertz CT molecular complexity index is 729. The Labute approximate surface area is 154 Å². The average molecular weight is 354 g/mol. The molecule has 6 nitrogen and oxygen atoms in total. The number of benzene rings is 1. The van der Waals surface area contributed by atoms with Crippen LogP contribution in [0.3, 0.4) is 0 Å². The van der Waals surface area contributed by atoms with Gasteiger partial charge in [0, 0.05) is 19.6 Å². The highest BCUT2D eigenvalue weighted by Crippen LogP contribution is 2.19. The SMILES string of the molecule is CCOc1ccccc1CCCNc1cncc(C(=O)N2CCCC2)n1. The lowest BCUT2D eigenvalue weighted by Gasteiger charge is -2.15. The van der Waals surface area contributed by atoms with Crippen LogP contribution >= 0.6 is 0 Å². The molecular weight excluding hydrogens is 328 g/mol. The van der Waals surface area contributed by atoms with E-state index in [0.717, 1.165) is 51.1 Å². The van der Waals surface area contributed by atoms with Crippen molar-refractivity contribution in [2.45, 2.75) is 32.6 Å². The molecule has 1 aliphatic rings. The molecule has 0 spiro atoms. The Hall–Kier alpha value is -2.63. The van der Waals surface area contributed by atoms with Gasteiger partial charge in [0.25, 0.3) is 5.91 Å². The molecule has 0 aliphatic carbocycles. The van der Waals surface area contributed by atoms with Gasteiger partial charge in [-0.2, -0.15) is 0 Å². The lowest BCUT2D eigenvalue weighted by molar-refractivity contribution is 0.0786. The Morgan fingerprint density at radius 3 is 2.85 bits per heavy atom. The fraction of sp³-hybridized carbons (Fsp3) is 0.450. The van der Waals surface area contributed by atoms with Crippen LogP contribution in [0.4, 0.5) is 5.82 Å². The summed E-state index contributed by atoms with van der Waals surface area (Å²) in [6.07, 6.45) is 7.21. The van der Waals surface area contributed by atoms with E-state index in [1.54, 1.807) is 12.4 Å². The molecule has 2 heterocycles. The van der Waals surface area contributed by atoms with Gasteiger partial charge in [-0.15, -0.1) is 0 Å². The number of aryl methyl sites for hydroxylation is 1. The number of nitrogens with zero attached hydrogens (tertiary/aromatic N) is 3. The zero-order valence-corrected chi connectivity index (χ0v) is 15.3. The second-order valence-corrected chi connectivity index (χ2v) is 6.36. The monoisotopic (exact) mass is 354 g/mol. The standard InChI is InChI=1S/C20H26N4O2/c1-2-26-18-10-4-3-8-16(18)9-7-11-22-19-15-21-14-17(23-19)20(25)24-12-5-6-13-24/h3-4,8,10,14-15H,2,5-7,9,11-13H2,1H3,(H,22,23). The normalized spacial score (nSPS) is 13.7. The van der Waals surface area contributed by atoms with E-state index in [0.29, 0.717) is 18.1 Å². The first kappa shape index (κ1) is 18.2. The van der Waals surface area contributed by atoms with Crippen molar-refractivity contribution < 1.29 is 9.53 Å². The fourth-order valence-electron chi connectivity index (χ4n) is 3.14. The number of amides is 1. The zero-order chi connectivity index (χ0) is 18.2. The highest BCUT2D eigenvalue weighted by atomic mass is 16.5. The summed E-state index contributed by atoms with van der Waals surface area (Å²) in [6.45, 7) is 5.06. The summed E-state index contributed by atoms with van der Waals surface area (Å²) in [7, 11) is 0. The predicted octanol–water partition coefficient (Wildman–Crippen LogP) is 3.16. The van der Waals surface area contributed by atoms with Crippen molar-refractivity contribution in [3.8, 4) is 5.75 Å². The number of carbonyl (C=O) groups is 1. The molecule has 0 radical (unpaired) electrons. The quantitative estimate of drug-likeness (QED) is 0.738. The molecule has 0 atom stereocenters. The van der Waals surface area contributed by atoms with Crippen LogP contribution in [0.15, 0.2) is 36.7 Å². The van der Waals surface area contributed by atoms with E-state index in [1.165, 1.54) is 5.56 Å². The molecule has 138 valence electrons. The van der Waals surface area contributed by atoms with Crippen LogP contribution in [-0.2, 0) is 6.42 Å². The summed E-state index contributed by atoms with van der Waals surface area (Å²) in [6, 6.07) is 8.13. The van der Waals surface area contributed by atoms with Crippen molar-refractivity contribution in [3.05, 3.63) is 47.9 Å². The first-order valence-electron chi connectivity index (χ1n) is 9.34. The molecule has 1 N–H and O–H groups in total. The minimum absolute atomic E-state index is 0.0238. The summed E-state index contributed by atoms with van der Waals surface area (Å²) in [5, 5.41) is 3.27. The minimum atomic E-state index is -0.0238. The maximum absolute atomic E-state index is 12.4. The van der Waals surface area contributed by atoms with Crippen molar-refractivity contribution in [3.63, 3.8) is 0 Å². The number of para-hydroxylation sites is 1. The van der Waals surface area contributed by atoms with Crippen molar-refractivity contribution in [2.24, 2.45) is 0 Å². The van der Waals surface area contributed by atoms with E-state index in [2.05, 4.69) is 21.4 Å². The number of hydrogen-bond donors (Lipinski definition) is 1. The highest BCUT2D eigenvalue weighted by molar-refractivity contribution is 5.92. The maximum Gasteiger partial charge on any atom is 0.274 e. The summed E-state index contributed by atoms with van der Waals surface area (Å²) >= 11 is 0. The molecule has 0 bridgehead atoms. The van der Waals surface area contributed by atoms with Gasteiger partial charge in [0.15, 0.2) is 0 Å². The number of nitrogens with one attached hydrogen (secondary N) is 1. The van der Waals surface area contributed by atoms with Gasteiger partial charge in [0.05, 0.1) is 19.0 Å². The molecule has 1 aliphatic heterocycles. The van der Waals surface area contributed by atoms with E-state index in [-0.39, 0.29) is 5.91 Å². The van der Waals surface area contributed by atoms with Gasteiger partial charge in [-0.1, -0.05) is 18.2 Å². The minimum Gasteiger partial charge on any atom is -0.494 e. The van der Waals surface area contributed by atoms with Crippen LogP contribution in [0.5, 0.6) is 5.75 Å². The highest BCUT2D eigenvalue weighted by Gasteiger charge is 2.20. The second kappa shape index (κ2) is 9.17. The molecule has 1 aromatic carbocycles. The maximum atomic E-state index is 12.4. The number of anilines is 1. The van der Waals surface area contributed by atoms with E-state index in [9.17, 15) is 4.79 Å². The molecule has 26 heavy (non-hydrogen) atoms. The third-order valence-corrected chi connectivity index (χ3v) is 4.45. The number of rotatable bonds is 8. The molecule has 1 fully saturated rings. The van der Waals surface area contributed by atoms with Crippen LogP contribution in [0.25, 0.3) is 0 Å². The smallest absolute Gasteiger partial charge is 0.274 e. The van der Waals surface area contributed by atoms with E-state index < -0.39 is 0 Å². The second-order valence-electron chi connectivity index (χ2n) is 6.36. The summed E-state index contributed by atoms with van der Waals surface area (Å²) in [5.41, 5.74) is 1.62. The zero-order valence-electron chi connectivity index (χ0n) is 15.3. The lowest BCUT2D eigenvalue weighted by atomic mass is 10.1. The molecule has 0 unspecified atom stereocenters. The third kappa shape index (κ3) is 4.71. The summed E-state index contributed by atoms with van der Waals surface area (Å²) in [4.78, 5) is 22.8. The van der Waals surface area contributed by atoms with Gasteiger partial charge < -0.3 is 15.0 Å². The number of ether oxygens (including phenoxy) is 1. The third-order valence-electron chi connectivity index (χ3n) is 4.45. The topological polar surface area (TPSA) is 67.3 Å². The summed E-state index contributed by atoms with van der Waals surface area (Å²) < 4.78 is 5.66. The fourth-order valence-corrected chi connectivity index (χ4v) is 3.14. The Morgan fingerprint density at radius 1 is 1.23 bits per heavy atom. The van der Waals surface area contributed by atoms with Crippen LogP contribution in [-0.4, -0.2) is 47.0 Å². The largest absolute Gasteiger partial charge is 0.494 e. The molecule has 0 saturated carbocycles. The molecule has 2 aromatic rings. The summed E-state index contributed by atoms with van der Waals surface area (Å²) in [5.74, 6) is 1.57. The van der Waals surface area contributed by atoms with Crippen molar-refractivity contribution >= 4 is 11.7 Å². The van der Waals surface area contributed by atoms with Crippen LogP contribution in [0.2, 0.25) is 0 Å². The molecule has 3 rings (SSSR count). The number of likely N-dealkylation sites (tertiary alicyclic amines) is 1. The van der Waals surface area contributed by atoms with Crippen molar-refractivity contribution in [1.29, 1.82) is 0 Å².